The molecule has 0 aliphatic carbocycles. The number of nitrogens with one attached hydrogen (secondary N) is 1. The Morgan fingerprint density at radius 3 is 1.79 bits per heavy atom. The fraction of sp³-hybridized carbons (Fsp3) is 0.0588. The molecule has 3 aromatic rings. The van der Waals surface area contributed by atoms with Gasteiger partial charge in [0.2, 0.25) is 0 Å². The first kappa shape index (κ1) is 12.0. The molecule has 0 atom stereocenters. The van der Waals surface area contributed by atoms with Gasteiger partial charge in [0.05, 0.1) is 6.04 Å². The highest BCUT2D eigenvalue weighted by Crippen LogP contribution is 2.27. The molecule has 1 aromatic heterocycles. The van der Waals surface area contributed by atoms with Gasteiger partial charge in [-0.2, -0.15) is 11.3 Å². The largest absolute Gasteiger partial charge is 0.373 e. The van der Waals surface area contributed by atoms with Crippen molar-refractivity contribution in [3.05, 3.63) is 88.6 Å². The van der Waals surface area contributed by atoms with E-state index in [0.29, 0.717) is 0 Å². The Bertz CT molecular complexity index is 563. The first-order chi connectivity index (χ1) is 9.43. The van der Waals surface area contributed by atoms with Crippen LogP contribution in [0.4, 0.5) is 5.69 Å². The number of thiophene rings is 1. The zero-order valence-corrected chi connectivity index (χ0v) is 11.3. The van der Waals surface area contributed by atoms with Gasteiger partial charge in [-0.3, -0.25) is 0 Å². The predicted molar refractivity (Wildman–Crippen MR) is 82.7 cm³/mol. The minimum atomic E-state index is 0.192. The van der Waals surface area contributed by atoms with Crippen LogP contribution in [0.25, 0.3) is 0 Å². The molecule has 94 valence electrons. The third kappa shape index (κ3) is 2.85. The van der Waals surface area contributed by atoms with Crippen molar-refractivity contribution in [3.63, 3.8) is 0 Å². The number of benzene rings is 2. The summed E-state index contributed by atoms with van der Waals surface area (Å²) in [6.07, 6.45) is 0. The molecule has 0 fully saturated rings. The lowest BCUT2D eigenvalue weighted by atomic mass is 9.98. The van der Waals surface area contributed by atoms with E-state index >= 15 is 0 Å². The molecule has 0 aliphatic heterocycles. The minimum Gasteiger partial charge on any atom is -0.373 e. The minimum absolute atomic E-state index is 0.192. The molecule has 1 heterocycles. The summed E-state index contributed by atoms with van der Waals surface area (Å²) in [5.41, 5.74) is 3.72. The topological polar surface area (TPSA) is 12.0 Å². The number of hydrogen-bond donors (Lipinski definition) is 1. The highest BCUT2D eigenvalue weighted by atomic mass is 32.1. The number of hydrogen-bond acceptors (Lipinski definition) is 2. The second kappa shape index (κ2) is 5.72. The molecule has 0 bridgehead atoms. The lowest BCUT2D eigenvalue weighted by molar-refractivity contribution is 0.941. The van der Waals surface area contributed by atoms with Crippen molar-refractivity contribution in [3.8, 4) is 0 Å². The van der Waals surface area contributed by atoms with Crippen LogP contribution >= 0.6 is 11.3 Å². The molecular weight excluding hydrogens is 250 g/mol. The first-order valence-electron chi connectivity index (χ1n) is 6.32. The van der Waals surface area contributed by atoms with Crippen molar-refractivity contribution in [2.24, 2.45) is 0 Å². The molecule has 1 nitrogen and oxygen atoms in total. The van der Waals surface area contributed by atoms with Crippen molar-refractivity contribution >= 4 is 17.0 Å². The van der Waals surface area contributed by atoms with Crippen LogP contribution in [0.3, 0.4) is 0 Å². The maximum absolute atomic E-state index is 3.60. The third-order valence-corrected chi connectivity index (χ3v) is 3.78. The van der Waals surface area contributed by atoms with Crippen molar-refractivity contribution < 1.29 is 0 Å². The van der Waals surface area contributed by atoms with Crippen molar-refractivity contribution in [1.82, 2.24) is 0 Å². The zero-order valence-electron chi connectivity index (χ0n) is 10.5. The maximum atomic E-state index is 3.60. The summed E-state index contributed by atoms with van der Waals surface area (Å²) in [5, 5.41) is 7.83. The van der Waals surface area contributed by atoms with Gasteiger partial charge in [-0.15, -0.1) is 0 Å². The highest BCUT2D eigenvalue weighted by molar-refractivity contribution is 7.08. The van der Waals surface area contributed by atoms with Gasteiger partial charge < -0.3 is 5.32 Å². The predicted octanol–water partition coefficient (Wildman–Crippen LogP) is 4.95. The van der Waals surface area contributed by atoms with Gasteiger partial charge in [-0.05, 0) is 22.6 Å². The van der Waals surface area contributed by atoms with E-state index in [2.05, 4.69) is 82.8 Å². The quantitative estimate of drug-likeness (QED) is 0.703. The number of rotatable bonds is 4. The SMILES string of the molecule is c1ccc(C(Nc2ccsc2)c2ccccc2)cc1. The van der Waals surface area contributed by atoms with Crippen molar-refractivity contribution in [2.75, 3.05) is 5.32 Å². The lowest BCUT2D eigenvalue weighted by Crippen LogP contribution is -2.11. The third-order valence-electron chi connectivity index (χ3n) is 3.10. The molecule has 0 radical (unpaired) electrons. The van der Waals surface area contributed by atoms with Gasteiger partial charge >= 0.3 is 0 Å². The van der Waals surface area contributed by atoms with Crippen LogP contribution in [-0.4, -0.2) is 0 Å². The fourth-order valence-electron chi connectivity index (χ4n) is 2.16. The van der Waals surface area contributed by atoms with E-state index in [9.17, 15) is 0 Å². The van der Waals surface area contributed by atoms with E-state index in [1.807, 2.05) is 0 Å². The van der Waals surface area contributed by atoms with E-state index in [-0.39, 0.29) is 6.04 Å². The van der Waals surface area contributed by atoms with Gasteiger partial charge in [-0.25, -0.2) is 0 Å². The molecule has 0 saturated carbocycles. The van der Waals surface area contributed by atoms with Crippen LogP contribution in [0, 0.1) is 0 Å². The molecule has 0 unspecified atom stereocenters. The monoisotopic (exact) mass is 265 g/mol. The van der Waals surface area contributed by atoms with Crippen LogP contribution < -0.4 is 5.32 Å². The number of anilines is 1. The maximum Gasteiger partial charge on any atom is 0.0767 e. The average Bonchev–Trinajstić information content (AvgIpc) is 3.00. The molecule has 0 spiro atoms. The first-order valence-corrected chi connectivity index (χ1v) is 7.26. The second-order valence-electron chi connectivity index (χ2n) is 4.41. The molecule has 2 aromatic carbocycles. The summed E-state index contributed by atoms with van der Waals surface area (Å²) in [6, 6.07) is 23.4. The van der Waals surface area contributed by atoms with Crippen LogP contribution in [0.1, 0.15) is 17.2 Å². The van der Waals surface area contributed by atoms with Crippen LogP contribution in [-0.2, 0) is 0 Å². The zero-order chi connectivity index (χ0) is 12.9. The summed E-state index contributed by atoms with van der Waals surface area (Å²) in [6.45, 7) is 0. The van der Waals surface area contributed by atoms with Crippen molar-refractivity contribution in [1.29, 1.82) is 0 Å². The van der Waals surface area contributed by atoms with Gasteiger partial charge in [0, 0.05) is 11.1 Å². The normalized spacial score (nSPS) is 10.6. The molecule has 0 amide bonds. The van der Waals surface area contributed by atoms with Gasteiger partial charge in [0.1, 0.15) is 0 Å². The summed E-state index contributed by atoms with van der Waals surface area (Å²) in [4.78, 5) is 0. The highest BCUT2D eigenvalue weighted by Gasteiger charge is 2.13. The van der Waals surface area contributed by atoms with E-state index in [1.165, 1.54) is 16.8 Å². The Labute approximate surface area is 117 Å². The molecule has 1 N–H and O–H groups in total. The second-order valence-corrected chi connectivity index (χ2v) is 5.19. The van der Waals surface area contributed by atoms with E-state index in [4.69, 9.17) is 0 Å². The molecule has 0 saturated heterocycles. The van der Waals surface area contributed by atoms with E-state index in [1.54, 1.807) is 11.3 Å². The Kier molecular flexibility index (Phi) is 3.61. The van der Waals surface area contributed by atoms with Gasteiger partial charge in [0.15, 0.2) is 0 Å². The van der Waals surface area contributed by atoms with Crippen molar-refractivity contribution in [2.45, 2.75) is 6.04 Å². The van der Waals surface area contributed by atoms with Crippen LogP contribution in [0.2, 0.25) is 0 Å². The van der Waals surface area contributed by atoms with Crippen LogP contribution in [0.5, 0.6) is 0 Å². The van der Waals surface area contributed by atoms with E-state index < -0.39 is 0 Å². The van der Waals surface area contributed by atoms with E-state index in [0.717, 1.165) is 0 Å². The molecule has 2 heteroatoms. The lowest BCUT2D eigenvalue weighted by Gasteiger charge is -2.20. The molecule has 19 heavy (non-hydrogen) atoms. The summed E-state index contributed by atoms with van der Waals surface area (Å²) in [7, 11) is 0. The van der Waals surface area contributed by atoms with Gasteiger partial charge in [-0.1, -0.05) is 60.7 Å². The Morgan fingerprint density at radius 2 is 1.32 bits per heavy atom. The summed E-state index contributed by atoms with van der Waals surface area (Å²) in [5.74, 6) is 0. The molecular formula is C17H15NS. The fourth-order valence-corrected chi connectivity index (χ4v) is 2.76. The van der Waals surface area contributed by atoms with Gasteiger partial charge in [0.25, 0.3) is 0 Å². The summed E-state index contributed by atoms with van der Waals surface area (Å²) < 4.78 is 0. The molecule has 3 rings (SSSR count). The van der Waals surface area contributed by atoms with Crippen LogP contribution in [0.15, 0.2) is 77.5 Å². The average molecular weight is 265 g/mol. The smallest absolute Gasteiger partial charge is 0.0767 e. The Hall–Kier alpha value is -2.06. The molecule has 0 aliphatic rings. The standard InChI is InChI=1S/C17H15NS/c1-3-7-14(8-4-1)17(15-9-5-2-6-10-15)18-16-11-12-19-13-16/h1-13,17-18H. The summed E-state index contributed by atoms with van der Waals surface area (Å²) >= 11 is 1.71. The Balaban J connectivity index is 1.96. The Morgan fingerprint density at radius 1 is 0.737 bits per heavy atom.